The van der Waals surface area contributed by atoms with E-state index in [1.807, 2.05) is 35.0 Å². The number of rotatable bonds is 6. The second-order valence-electron chi connectivity index (χ2n) is 7.53. The van der Waals surface area contributed by atoms with E-state index in [0.717, 1.165) is 16.6 Å². The predicted octanol–water partition coefficient (Wildman–Crippen LogP) is 2.48. The van der Waals surface area contributed by atoms with E-state index >= 15 is 0 Å². The van der Waals surface area contributed by atoms with Crippen LogP contribution >= 0.6 is 11.6 Å². The normalized spacial score (nSPS) is 17.6. The Morgan fingerprint density at radius 1 is 1.10 bits per heavy atom. The van der Waals surface area contributed by atoms with Crippen molar-refractivity contribution in [3.63, 3.8) is 0 Å². The zero-order valence-corrected chi connectivity index (χ0v) is 17.5. The van der Waals surface area contributed by atoms with Crippen molar-refractivity contribution in [2.75, 3.05) is 18.8 Å². The molecular formula is C20H23ClN4O3S. The molecule has 3 aromatic heterocycles. The molecule has 0 radical (unpaired) electrons. The molecule has 4 rings (SSSR count). The van der Waals surface area contributed by atoms with Crippen LogP contribution in [-0.4, -0.2) is 56.8 Å². The van der Waals surface area contributed by atoms with Crippen LogP contribution in [0, 0.1) is 0 Å². The Bertz CT molecular complexity index is 1090. The molecule has 7 nitrogen and oxygen atoms in total. The number of aryl methyl sites for hydroxylation is 1. The fourth-order valence-corrected chi connectivity index (χ4v) is 5.41. The lowest BCUT2D eigenvalue weighted by Crippen LogP contribution is -2.49. The maximum atomic E-state index is 12.7. The van der Waals surface area contributed by atoms with Gasteiger partial charge in [0.25, 0.3) is 0 Å². The predicted molar refractivity (Wildman–Crippen MR) is 112 cm³/mol. The molecule has 1 N–H and O–H groups in total. The maximum absolute atomic E-state index is 12.7. The van der Waals surface area contributed by atoms with Gasteiger partial charge in [-0.3, -0.25) is 4.98 Å². The lowest BCUT2D eigenvalue weighted by atomic mass is 9.92. The summed E-state index contributed by atoms with van der Waals surface area (Å²) in [6, 6.07) is 9.13. The Labute approximate surface area is 175 Å². The third kappa shape index (κ3) is 4.61. The van der Waals surface area contributed by atoms with Crippen molar-refractivity contribution >= 4 is 32.7 Å². The van der Waals surface area contributed by atoms with E-state index in [1.54, 1.807) is 18.5 Å². The van der Waals surface area contributed by atoms with Crippen molar-refractivity contribution in [2.24, 2.45) is 0 Å². The smallest absolute Gasteiger partial charge is 0.214 e. The topological polar surface area (TPSA) is 88.3 Å². The molecule has 0 saturated carbocycles. The molecule has 0 unspecified atom stereocenters. The number of fused-ring (bicyclic) bond motifs is 1. The third-order valence-electron chi connectivity index (χ3n) is 5.50. The van der Waals surface area contributed by atoms with Crippen LogP contribution in [0.2, 0.25) is 5.15 Å². The molecule has 0 aromatic carbocycles. The highest BCUT2D eigenvalue weighted by molar-refractivity contribution is 7.89. The first-order chi connectivity index (χ1) is 13.8. The van der Waals surface area contributed by atoms with Crippen LogP contribution in [0.5, 0.6) is 0 Å². The number of hydrogen-bond acceptors (Lipinski definition) is 5. The molecule has 1 saturated heterocycles. The fourth-order valence-electron chi connectivity index (χ4n) is 3.77. The largest absolute Gasteiger partial charge is 0.388 e. The Kier molecular flexibility index (Phi) is 5.61. The number of aromatic nitrogens is 3. The molecule has 154 valence electrons. The summed E-state index contributed by atoms with van der Waals surface area (Å²) >= 11 is 5.94. The van der Waals surface area contributed by atoms with Crippen molar-refractivity contribution in [1.29, 1.82) is 0 Å². The van der Waals surface area contributed by atoms with Crippen LogP contribution in [0.15, 0.2) is 48.9 Å². The average molecular weight is 435 g/mol. The van der Waals surface area contributed by atoms with Crippen LogP contribution in [0.4, 0.5) is 0 Å². The van der Waals surface area contributed by atoms with Gasteiger partial charge in [-0.15, -0.1) is 0 Å². The summed E-state index contributed by atoms with van der Waals surface area (Å²) in [4.78, 5) is 8.22. The molecule has 0 atom stereocenters. The van der Waals surface area contributed by atoms with Gasteiger partial charge < -0.3 is 9.67 Å². The van der Waals surface area contributed by atoms with E-state index in [4.69, 9.17) is 11.6 Å². The number of sulfonamides is 1. The highest BCUT2D eigenvalue weighted by Gasteiger charge is 2.36. The second-order valence-corrected chi connectivity index (χ2v) is 10.0. The van der Waals surface area contributed by atoms with Crippen LogP contribution in [0.25, 0.3) is 11.0 Å². The Morgan fingerprint density at radius 3 is 2.55 bits per heavy atom. The SMILES string of the molecule is O=S(=O)(CCc1ccncc1)N1CCC(O)(Cn2ccc3nc(Cl)ccc32)CC1. The van der Waals surface area contributed by atoms with Gasteiger partial charge in [0, 0.05) is 31.7 Å². The van der Waals surface area contributed by atoms with Crippen molar-refractivity contribution < 1.29 is 13.5 Å². The molecule has 1 aliphatic rings. The van der Waals surface area contributed by atoms with Gasteiger partial charge in [-0.25, -0.2) is 17.7 Å². The Balaban J connectivity index is 1.38. The maximum Gasteiger partial charge on any atom is 0.214 e. The molecular weight excluding hydrogens is 412 g/mol. The number of aliphatic hydroxyl groups is 1. The molecule has 0 spiro atoms. The first kappa shape index (κ1) is 20.3. The Hall–Kier alpha value is -2.00. The number of piperidine rings is 1. The molecule has 1 fully saturated rings. The average Bonchev–Trinajstić information content (AvgIpc) is 3.09. The summed E-state index contributed by atoms with van der Waals surface area (Å²) < 4.78 is 28.8. The third-order valence-corrected chi connectivity index (χ3v) is 7.58. The van der Waals surface area contributed by atoms with Gasteiger partial charge >= 0.3 is 0 Å². The second kappa shape index (κ2) is 8.02. The van der Waals surface area contributed by atoms with Crippen LogP contribution in [0.1, 0.15) is 18.4 Å². The molecule has 3 aromatic rings. The molecule has 4 heterocycles. The zero-order valence-electron chi connectivity index (χ0n) is 15.9. The van der Waals surface area contributed by atoms with Crippen LogP contribution in [-0.2, 0) is 23.0 Å². The van der Waals surface area contributed by atoms with Crippen LogP contribution < -0.4 is 0 Å². The highest BCUT2D eigenvalue weighted by Crippen LogP contribution is 2.28. The number of nitrogens with zero attached hydrogens (tertiary/aromatic N) is 4. The monoisotopic (exact) mass is 434 g/mol. The van der Waals surface area contributed by atoms with Crippen LogP contribution in [0.3, 0.4) is 0 Å². The summed E-state index contributed by atoms with van der Waals surface area (Å²) in [5, 5.41) is 11.5. The lowest BCUT2D eigenvalue weighted by molar-refractivity contribution is -0.0184. The summed E-state index contributed by atoms with van der Waals surface area (Å²) in [5.41, 5.74) is 1.67. The van der Waals surface area contributed by atoms with Crippen molar-refractivity contribution in [1.82, 2.24) is 18.8 Å². The van der Waals surface area contributed by atoms with E-state index in [2.05, 4.69) is 9.97 Å². The minimum atomic E-state index is -3.36. The highest BCUT2D eigenvalue weighted by atomic mass is 35.5. The van der Waals surface area contributed by atoms with Crippen molar-refractivity contribution in [2.45, 2.75) is 31.4 Å². The van der Waals surface area contributed by atoms with Gasteiger partial charge in [0.15, 0.2) is 0 Å². The molecule has 9 heteroatoms. The molecule has 1 aliphatic heterocycles. The first-order valence-corrected chi connectivity index (χ1v) is 11.5. The quantitative estimate of drug-likeness (QED) is 0.602. The van der Waals surface area contributed by atoms with Gasteiger partial charge in [0.1, 0.15) is 5.15 Å². The van der Waals surface area contributed by atoms with Gasteiger partial charge in [0.2, 0.25) is 10.0 Å². The summed E-state index contributed by atoms with van der Waals surface area (Å²) in [6.07, 6.45) is 6.44. The number of pyridine rings is 2. The van der Waals surface area contributed by atoms with Gasteiger partial charge in [0.05, 0.1) is 28.9 Å². The van der Waals surface area contributed by atoms with E-state index in [-0.39, 0.29) is 5.75 Å². The fraction of sp³-hybridized carbons (Fsp3) is 0.400. The lowest BCUT2D eigenvalue weighted by Gasteiger charge is -2.38. The van der Waals surface area contributed by atoms with Crippen molar-refractivity contribution in [3.05, 3.63) is 59.6 Å². The first-order valence-electron chi connectivity index (χ1n) is 9.55. The van der Waals surface area contributed by atoms with Gasteiger partial charge in [-0.05, 0) is 55.2 Å². The zero-order chi connectivity index (χ0) is 20.5. The standard InChI is InChI=1S/C20H23ClN4O3S/c21-19-2-1-18-17(23-19)5-11-24(18)15-20(26)7-12-25(13-8-20)29(27,28)14-6-16-3-9-22-10-4-16/h1-5,9-11,26H,6-8,12-15H2. The summed E-state index contributed by atoms with van der Waals surface area (Å²) in [6.45, 7) is 1.03. The van der Waals surface area contributed by atoms with Crippen molar-refractivity contribution in [3.8, 4) is 0 Å². The van der Waals surface area contributed by atoms with Gasteiger partial charge in [-0.2, -0.15) is 0 Å². The van der Waals surface area contributed by atoms with E-state index in [0.29, 0.717) is 44.0 Å². The summed E-state index contributed by atoms with van der Waals surface area (Å²) in [7, 11) is -3.36. The number of hydrogen-bond donors (Lipinski definition) is 1. The Morgan fingerprint density at radius 2 is 1.83 bits per heavy atom. The molecule has 0 amide bonds. The number of halogens is 1. The van der Waals surface area contributed by atoms with E-state index in [1.165, 1.54) is 4.31 Å². The van der Waals surface area contributed by atoms with Gasteiger partial charge in [-0.1, -0.05) is 11.6 Å². The minimum Gasteiger partial charge on any atom is -0.388 e. The summed E-state index contributed by atoms with van der Waals surface area (Å²) in [5.74, 6) is 0.0596. The molecule has 29 heavy (non-hydrogen) atoms. The van der Waals surface area contributed by atoms with E-state index < -0.39 is 15.6 Å². The molecule has 0 aliphatic carbocycles. The van der Waals surface area contributed by atoms with E-state index in [9.17, 15) is 13.5 Å². The molecule has 0 bridgehead atoms. The minimum absolute atomic E-state index is 0.0596.